The zero-order valence-electron chi connectivity index (χ0n) is 15.2. The fourth-order valence-corrected chi connectivity index (χ4v) is 1.96. The zero-order valence-corrected chi connectivity index (χ0v) is 17.5. The van der Waals surface area contributed by atoms with Crippen molar-refractivity contribution in [2.24, 2.45) is 10.9 Å². The van der Waals surface area contributed by atoms with E-state index in [1.165, 1.54) is 0 Å². The SMILES string of the molecule is CCc1nncn1CCNC(=NCCC(C)C)NC(C)CC.I. The van der Waals surface area contributed by atoms with Crippen LogP contribution in [0.25, 0.3) is 0 Å². The van der Waals surface area contributed by atoms with Gasteiger partial charge in [0, 0.05) is 32.1 Å². The van der Waals surface area contributed by atoms with Gasteiger partial charge in [-0.3, -0.25) is 4.99 Å². The smallest absolute Gasteiger partial charge is 0.191 e. The summed E-state index contributed by atoms with van der Waals surface area (Å²) in [5, 5.41) is 14.9. The Morgan fingerprint density at radius 2 is 2.04 bits per heavy atom. The van der Waals surface area contributed by atoms with E-state index in [0.29, 0.717) is 12.0 Å². The summed E-state index contributed by atoms with van der Waals surface area (Å²) in [6.45, 7) is 13.4. The fraction of sp³-hybridized carbons (Fsp3) is 0.812. The third-order valence-electron chi connectivity index (χ3n) is 3.63. The number of rotatable bonds is 9. The Morgan fingerprint density at radius 1 is 1.30 bits per heavy atom. The summed E-state index contributed by atoms with van der Waals surface area (Å²) >= 11 is 0. The van der Waals surface area contributed by atoms with Crippen molar-refractivity contribution >= 4 is 29.9 Å². The van der Waals surface area contributed by atoms with Crippen LogP contribution in [-0.2, 0) is 13.0 Å². The van der Waals surface area contributed by atoms with Crippen LogP contribution >= 0.6 is 24.0 Å². The highest BCUT2D eigenvalue weighted by Crippen LogP contribution is 1.99. The maximum absolute atomic E-state index is 4.67. The van der Waals surface area contributed by atoms with Crippen molar-refractivity contribution in [1.82, 2.24) is 25.4 Å². The first kappa shape index (κ1) is 22.1. The van der Waals surface area contributed by atoms with Crippen LogP contribution in [0.2, 0.25) is 0 Å². The maximum atomic E-state index is 4.67. The molecule has 0 fully saturated rings. The second-order valence-electron chi connectivity index (χ2n) is 6.09. The van der Waals surface area contributed by atoms with Crippen molar-refractivity contribution in [1.29, 1.82) is 0 Å². The van der Waals surface area contributed by atoms with Gasteiger partial charge in [-0.15, -0.1) is 34.2 Å². The van der Waals surface area contributed by atoms with Crippen molar-refractivity contribution in [2.75, 3.05) is 13.1 Å². The molecule has 1 aromatic rings. The highest BCUT2D eigenvalue weighted by molar-refractivity contribution is 14.0. The molecule has 1 aromatic heterocycles. The lowest BCUT2D eigenvalue weighted by atomic mass is 10.1. The lowest BCUT2D eigenvalue weighted by molar-refractivity contribution is 0.579. The van der Waals surface area contributed by atoms with Gasteiger partial charge in [0.15, 0.2) is 5.96 Å². The molecule has 23 heavy (non-hydrogen) atoms. The summed E-state index contributed by atoms with van der Waals surface area (Å²) in [5.74, 6) is 2.61. The molecule has 0 radical (unpaired) electrons. The van der Waals surface area contributed by atoms with Crippen LogP contribution in [0.1, 0.15) is 53.3 Å². The molecule has 0 aliphatic carbocycles. The normalized spacial score (nSPS) is 12.9. The van der Waals surface area contributed by atoms with E-state index >= 15 is 0 Å². The van der Waals surface area contributed by atoms with Gasteiger partial charge in [0.25, 0.3) is 0 Å². The Hall–Kier alpha value is -0.860. The number of aliphatic imine (C=N–C) groups is 1. The van der Waals surface area contributed by atoms with Crippen LogP contribution in [0.3, 0.4) is 0 Å². The third-order valence-corrected chi connectivity index (χ3v) is 3.63. The average Bonchev–Trinajstić information content (AvgIpc) is 2.93. The molecule has 0 saturated heterocycles. The van der Waals surface area contributed by atoms with Crippen molar-refractivity contribution in [2.45, 2.75) is 66.5 Å². The van der Waals surface area contributed by atoms with Crippen LogP contribution in [0.5, 0.6) is 0 Å². The Bertz CT molecular complexity index is 444. The Labute approximate surface area is 158 Å². The van der Waals surface area contributed by atoms with E-state index in [4.69, 9.17) is 0 Å². The highest BCUT2D eigenvalue weighted by Gasteiger charge is 2.05. The Morgan fingerprint density at radius 3 is 2.65 bits per heavy atom. The van der Waals surface area contributed by atoms with E-state index in [9.17, 15) is 0 Å². The van der Waals surface area contributed by atoms with Gasteiger partial charge in [0.05, 0.1) is 0 Å². The summed E-state index contributed by atoms with van der Waals surface area (Å²) in [4.78, 5) is 4.67. The number of aromatic nitrogens is 3. The summed E-state index contributed by atoms with van der Waals surface area (Å²) in [5.41, 5.74) is 0. The number of aryl methyl sites for hydroxylation is 1. The van der Waals surface area contributed by atoms with Crippen molar-refractivity contribution in [3.05, 3.63) is 12.2 Å². The van der Waals surface area contributed by atoms with Gasteiger partial charge < -0.3 is 15.2 Å². The van der Waals surface area contributed by atoms with E-state index in [1.54, 1.807) is 6.33 Å². The molecule has 1 rings (SSSR count). The quantitative estimate of drug-likeness (QED) is 0.355. The average molecular weight is 436 g/mol. The first-order valence-corrected chi connectivity index (χ1v) is 8.48. The van der Waals surface area contributed by atoms with E-state index in [1.807, 2.05) is 0 Å². The first-order chi connectivity index (χ1) is 10.6. The number of guanidine groups is 1. The van der Waals surface area contributed by atoms with Crippen LogP contribution in [0, 0.1) is 5.92 Å². The molecule has 2 N–H and O–H groups in total. The Kier molecular flexibility index (Phi) is 12.1. The van der Waals surface area contributed by atoms with E-state index in [0.717, 1.165) is 50.7 Å². The van der Waals surface area contributed by atoms with E-state index in [2.05, 4.69) is 65.0 Å². The predicted octanol–water partition coefficient (Wildman–Crippen LogP) is 2.84. The van der Waals surface area contributed by atoms with Gasteiger partial charge in [0.1, 0.15) is 12.2 Å². The number of nitrogens with zero attached hydrogens (tertiary/aromatic N) is 4. The van der Waals surface area contributed by atoms with E-state index in [-0.39, 0.29) is 24.0 Å². The molecule has 0 aromatic carbocycles. The monoisotopic (exact) mass is 436 g/mol. The molecule has 1 unspecified atom stereocenters. The summed E-state index contributed by atoms with van der Waals surface area (Å²) in [7, 11) is 0. The second kappa shape index (κ2) is 12.5. The molecule has 134 valence electrons. The molecular formula is C16H33IN6. The zero-order chi connectivity index (χ0) is 16.4. The number of halogens is 1. The molecule has 0 bridgehead atoms. The Balaban J connectivity index is 0.00000484. The predicted molar refractivity (Wildman–Crippen MR) is 107 cm³/mol. The van der Waals surface area contributed by atoms with Gasteiger partial charge >= 0.3 is 0 Å². The standard InChI is InChI=1S/C16H32N6.HI/c1-6-14(5)20-16(17-9-8-13(3)4)18-10-11-22-12-19-21-15(22)7-2;/h12-14H,6-11H2,1-5H3,(H2,17,18,20);1H. The van der Waals surface area contributed by atoms with Crippen molar-refractivity contribution < 1.29 is 0 Å². The lowest BCUT2D eigenvalue weighted by Gasteiger charge is -2.17. The minimum absolute atomic E-state index is 0. The fourth-order valence-electron chi connectivity index (χ4n) is 1.96. The lowest BCUT2D eigenvalue weighted by Crippen LogP contribution is -2.43. The number of nitrogens with one attached hydrogen (secondary N) is 2. The minimum Gasteiger partial charge on any atom is -0.355 e. The summed E-state index contributed by atoms with van der Waals surface area (Å²) in [6.07, 6.45) is 4.88. The maximum Gasteiger partial charge on any atom is 0.191 e. The molecule has 0 spiro atoms. The molecule has 0 aliphatic rings. The topological polar surface area (TPSA) is 67.1 Å². The van der Waals surface area contributed by atoms with Gasteiger partial charge in [-0.05, 0) is 25.7 Å². The minimum atomic E-state index is 0. The molecule has 1 atom stereocenters. The number of hydrogen-bond acceptors (Lipinski definition) is 3. The molecule has 1 heterocycles. The van der Waals surface area contributed by atoms with Gasteiger partial charge in [0.2, 0.25) is 0 Å². The van der Waals surface area contributed by atoms with Gasteiger partial charge in [-0.2, -0.15) is 0 Å². The largest absolute Gasteiger partial charge is 0.355 e. The molecule has 0 aliphatic heterocycles. The van der Waals surface area contributed by atoms with Gasteiger partial charge in [-0.25, -0.2) is 0 Å². The van der Waals surface area contributed by atoms with Crippen LogP contribution in [0.15, 0.2) is 11.3 Å². The second-order valence-corrected chi connectivity index (χ2v) is 6.09. The highest BCUT2D eigenvalue weighted by atomic mass is 127. The van der Waals surface area contributed by atoms with Crippen molar-refractivity contribution in [3.8, 4) is 0 Å². The molecule has 7 heteroatoms. The van der Waals surface area contributed by atoms with Crippen molar-refractivity contribution in [3.63, 3.8) is 0 Å². The first-order valence-electron chi connectivity index (χ1n) is 8.48. The van der Waals surface area contributed by atoms with Crippen LogP contribution < -0.4 is 10.6 Å². The third kappa shape index (κ3) is 9.12. The summed E-state index contributed by atoms with van der Waals surface area (Å²) in [6, 6.07) is 0.423. The van der Waals surface area contributed by atoms with Crippen LogP contribution in [0.4, 0.5) is 0 Å². The molecular weight excluding hydrogens is 403 g/mol. The summed E-state index contributed by atoms with van der Waals surface area (Å²) < 4.78 is 2.09. The number of hydrogen-bond donors (Lipinski definition) is 2. The van der Waals surface area contributed by atoms with Crippen LogP contribution in [-0.4, -0.2) is 39.9 Å². The molecule has 6 nitrogen and oxygen atoms in total. The molecule has 0 saturated carbocycles. The van der Waals surface area contributed by atoms with Gasteiger partial charge in [-0.1, -0.05) is 27.7 Å². The van der Waals surface area contributed by atoms with E-state index < -0.39 is 0 Å². The molecule has 0 amide bonds.